The number of rotatable bonds is 6. The molecule has 0 aromatic carbocycles. The highest BCUT2D eigenvalue weighted by atomic mass is 16.5. The highest BCUT2D eigenvalue weighted by molar-refractivity contribution is 5.48. The van der Waals surface area contributed by atoms with E-state index in [2.05, 4.69) is 15.2 Å². The molecule has 1 aromatic rings. The molecule has 100 valence electrons. The van der Waals surface area contributed by atoms with Crippen molar-refractivity contribution >= 4 is 5.69 Å². The summed E-state index contributed by atoms with van der Waals surface area (Å²) in [5.41, 5.74) is 1.13. The number of nitrogens with zero attached hydrogens (tertiary/aromatic N) is 2. The maximum absolute atomic E-state index is 5.61. The van der Waals surface area contributed by atoms with Gasteiger partial charge in [0, 0.05) is 38.9 Å². The normalized spacial score (nSPS) is 15.7. The first-order chi connectivity index (χ1) is 8.90. The van der Waals surface area contributed by atoms with Crippen LogP contribution < -0.4 is 15.0 Å². The minimum Gasteiger partial charge on any atom is -0.489 e. The molecule has 0 amide bonds. The maximum Gasteiger partial charge on any atom is 0.139 e. The monoisotopic (exact) mass is 251 g/mol. The molecular weight excluding hydrogens is 230 g/mol. The van der Waals surface area contributed by atoms with Gasteiger partial charge in [-0.1, -0.05) is 0 Å². The average Bonchev–Trinajstić information content (AvgIpc) is 2.45. The third-order valence-corrected chi connectivity index (χ3v) is 2.88. The lowest BCUT2D eigenvalue weighted by Crippen LogP contribution is -2.43. The van der Waals surface area contributed by atoms with Gasteiger partial charge in [0.05, 0.1) is 24.7 Å². The van der Waals surface area contributed by atoms with E-state index in [1.807, 2.05) is 19.2 Å². The highest BCUT2D eigenvalue weighted by Crippen LogP contribution is 2.19. The molecule has 1 aliphatic rings. The number of nitrogens with one attached hydrogen (secondary N) is 1. The number of hydrogen-bond donors (Lipinski definition) is 1. The zero-order valence-electron chi connectivity index (χ0n) is 10.9. The molecule has 5 nitrogen and oxygen atoms in total. The Kier molecular flexibility index (Phi) is 5.23. The lowest BCUT2D eigenvalue weighted by molar-refractivity contribution is 0.110. The summed E-state index contributed by atoms with van der Waals surface area (Å²) in [6.45, 7) is 7.98. The Morgan fingerprint density at radius 2 is 2.11 bits per heavy atom. The van der Waals surface area contributed by atoms with Crippen LogP contribution in [0.3, 0.4) is 0 Å². The summed E-state index contributed by atoms with van der Waals surface area (Å²) in [5.74, 6) is 0.811. The van der Waals surface area contributed by atoms with Crippen LogP contribution in [0.1, 0.15) is 6.92 Å². The van der Waals surface area contributed by atoms with Crippen LogP contribution in [-0.4, -0.2) is 51.0 Å². The molecule has 2 rings (SSSR count). The van der Waals surface area contributed by atoms with Crippen molar-refractivity contribution in [3.05, 3.63) is 18.5 Å². The van der Waals surface area contributed by atoms with E-state index in [1.165, 1.54) is 0 Å². The standard InChI is InChI=1S/C13H21N3O2/c1-2-17-7-8-18-13-9-12(10-15-11-13)16-5-3-14-4-6-16/h9-11,14H,2-8H2,1H3. The Morgan fingerprint density at radius 3 is 2.89 bits per heavy atom. The zero-order chi connectivity index (χ0) is 12.6. The van der Waals surface area contributed by atoms with Gasteiger partial charge in [-0.2, -0.15) is 0 Å². The van der Waals surface area contributed by atoms with Crippen LogP contribution in [0.15, 0.2) is 18.5 Å². The molecule has 0 atom stereocenters. The van der Waals surface area contributed by atoms with Crippen LogP contribution in [0.4, 0.5) is 5.69 Å². The fourth-order valence-corrected chi connectivity index (χ4v) is 1.95. The Hall–Kier alpha value is -1.33. The van der Waals surface area contributed by atoms with Gasteiger partial charge in [0.15, 0.2) is 0 Å². The maximum atomic E-state index is 5.61. The van der Waals surface area contributed by atoms with E-state index in [1.54, 1.807) is 6.20 Å². The van der Waals surface area contributed by atoms with E-state index < -0.39 is 0 Å². The Balaban J connectivity index is 1.88. The van der Waals surface area contributed by atoms with Crippen molar-refractivity contribution in [1.82, 2.24) is 10.3 Å². The molecule has 1 saturated heterocycles. The molecule has 0 aliphatic carbocycles. The van der Waals surface area contributed by atoms with E-state index in [4.69, 9.17) is 9.47 Å². The molecule has 0 spiro atoms. The molecule has 1 fully saturated rings. The quantitative estimate of drug-likeness (QED) is 0.761. The van der Waals surface area contributed by atoms with Gasteiger partial charge in [0.2, 0.25) is 0 Å². The van der Waals surface area contributed by atoms with Crippen molar-refractivity contribution in [2.24, 2.45) is 0 Å². The third kappa shape index (κ3) is 3.85. The summed E-state index contributed by atoms with van der Waals surface area (Å²) >= 11 is 0. The van der Waals surface area contributed by atoms with Crippen molar-refractivity contribution in [3.8, 4) is 5.75 Å². The SMILES string of the molecule is CCOCCOc1cncc(N2CCNCC2)c1. The zero-order valence-corrected chi connectivity index (χ0v) is 10.9. The van der Waals surface area contributed by atoms with Gasteiger partial charge in [-0.05, 0) is 6.92 Å². The van der Waals surface area contributed by atoms with Gasteiger partial charge in [-0.15, -0.1) is 0 Å². The lowest BCUT2D eigenvalue weighted by Gasteiger charge is -2.29. The molecule has 18 heavy (non-hydrogen) atoms. The van der Waals surface area contributed by atoms with Gasteiger partial charge in [-0.25, -0.2) is 0 Å². The predicted octanol–water partition coefficient (Wildman–Crippen LogP) is 0.906. The molecule has 0 radical (unpaired) electrons. The minimum absolute atomic E-state index is 0.570. The molecule has 0 unspecified atom stereocenters. The van der Waals surface area contributed by atoms with Crippen molar-refractivity contribution in [1.29, 1.82) is 0 Å². The topological polar surface area (TPSA) is 46.6 Å². The first-order valence-corrected chi connectivity index (χ1v) is 6.51. The lowest BCUT2D eigenvalue weighted by atomic mass is 10.3. The van der Waals surface area contributed by atoms with Crippen LogP contribution >= 0.6 is 0 Å². The van der Waals surface area contributed by atoms with Gasteiger partial charge in [-0.3, -0.25) is 4.98 Å². The Morgan fingerprint density at radius 1 is 1.28 bits per heavy atom. The second-order valence-electron chi connectivity index (χ2n) is 4.16. The molecule has 1 aromatic heterocycles. The second kappa shape index (κ2) is 7.18. The van der Waals surface area contributed by atoms with Crippen molar-refractivity contribution in [2.45, 2.75) is 6.92 Å². The van der Waals surface area contributed by atoms with Gasteiger partial charge in [0.25, 0.3) is 0 Å². The molecule has 1 aliphatic heterocycles. The molecular formula is C13H21N3O2. The second-order valence-corrected chi connectivity index (χ2v) is 4.16. The van der Waals surface area contributed by atoms with Crippen molar-refractivity contribution in [3.63, 3.8) is 0 Å². The number of ether oxygens (including phenoxy) is 2. The summed E-state index contributed by atoms with van der Waals surface area (Å²) in [6.07, 6.45) is 3.64. The van der Waals surface area contributed by atoms with Crippen LogP contribution in [0.25, 0.3) is 0 Å². The van der Waals surface area contributed by atoms with Gasteiger partial charge >= 0.3 is 0 Å². The summed E-state index contributed by atoms with van der Waals surface area (Å²) < 4.78 is 10.8. The molecule has 0 bridgehead atoms. The van der Waals surface area contributed by atoms with E-state index in [0.29, 0.717) is 13.2 Å². The summed E-state index contributed by atoms with van der Waals surface area (Å²) in [7, 11) is 0. The number of aromatic nitrogens is 1. The minimum atomic E-state index is 0.570. The number of piperazine rings is 1. The van der Waals surface area contributed by atoms with E-state index in [0.717, 1.165) is 44.2 Å². The number of pyridine rings is 1. The summed E-state index contributed by atoms with van der Waals surface area (Å²) in [6, 6.07) is 2.05. The smallest absolute Gasteiger partial charge is 0.139 e. The van der Waals surface area contributed by atoms with Gasteiger partial charge < -0.3 is 19.7 Å². The Bertz CT molecular complexity index is 354. The van der Waals surface area contributed by atoms with Gasteiger partial charge in [0.1, 0.15) is 12.4 Å². The fraction of sp³-hybridized carbons (Fsp3) is 0.615. The fourth-order valence-electron chi connectivity index (χ4n) is 1.95. The van der Waals surface area contributed by atoms with Crippen LogP contribution in [0.2, 0.25) is 0 Å². The van der Waals surface area contributed by atoms with Crippen LogP contribution in [0.5, 0.6) is 5.75 Å². The largest absolute Gasteiger partial charge is 0.489 e. The van der Waals surface area contributed by atoms with Crippen LogP contribution in [0, 0.1) is 0 Å². The molecule has 2 heterocycles. The highest BCUT2D eigenvalue weighted by Gasteiger charge is 2.11. The van der Waals surface area contributed by atoms with E-state index in [-0.39, 0.29) is 0 Å². The van der Waals surface area contributed by atoms with Crippen molar-refractivity contribution in [2.75, 3.05) is 50.9 Å². The Labute approximate surface area is 108 Å². The first kappa shape index (κ1) is 13.1. The number of hydrogen-bond acceptors (Lipinski definition) is 5. The van der Waals surface area contributed by atoms with E-state index in [9.17, 15) is 0 Å². The summed E-state index contributed by atoms with van der Waals surface area (Å²) in [4.78, 5) is 6.55. The first-order valence-electron chi connectivity index (χ1n) is 6.51. The predicted molar refractivity (Wildman–Crippen MR) is 71.3 cm³/mol. The molecule has 1 N–H and O–H groups in total. The average molecular weight is 251 g/mol. The molecule has 0 saturated carbocycles. The van der Waals surface area contributed by atoms with E-state index >= 15 is 0 Å². The number of anilines is 1. The molecule has 5 heteroatoms. The summed E-state index contributed by atoms with van der Waals surface area (Å²) in [5, 5.41) is 3.34. The third-order valence-electron chi connectivity index (χ3n) is 2.88. The van der Waals surface area contributed by atoms with Crippen LogP contribution in [-0.2, 0) is 4.74 Å². The van der Waals surface area contributed by atoms with Crippen molar-refractivity contribution < 1.29 is 9.47 Å².